The Morgan fingerprint density at radius 1 is 0.706 bits per heavy atom. The first-order valence-corrected chi connectivity index (χ1v) is 10.7. The Bertz CT molecular complexity index is 1630. The van der Waals surface area contributed by atoms with Gasteiger partial charge in [-0.25, -0.2) is 9.37 Å². The molecule has 2 N–H and O–H groups in total. The summed E-state index contributed by atoms with van der Waals surface area (Å²) in [7, 11) is 0. The first-order chi connectivity index (χ1) is 16.7. The highest BCUT2D eigenvalue weighted by molar-refractivity contribution is 5.93. The van der Waals surface area contributed by atoms with Gasteiger partial charge in [0.1, 0.15) is 11.3 Å². The molecule has 7 heteroatoms. The first-order valence-electron chi connectivity index (χ1n) is 10.7. The number of pyridine rings is 2. The van der Waals surface area contributed by atoms with Crippen LogP contribution < -0.4 is 10.6 Å². The number of aromatic nitrogens is 3. The molecule has 0 atom stereocenters. The second kappa shape index (κ2) is 8.29. The van der Waals surface area contributed by atoms with Crippen molar-refractivity contribution in [2.75, 3.05) is 10.6 Å². The van der Waals surface area contributed by atoms with E-state index in [1.807, 2.05) is 60.7 Å². The molecule has 3 aromatic heterocycles. The normalized spacial score (nSPS) is 11.1. The fourth-order valence-corrected chi connectivity index (χ4v) is 3.84. The molecule has 0 aliphatic rings. The van der Waals surface area contributed by atoms with E-state index in [2.05, 4.69) is 25.6 Å². The van der Waals surface area contributed by atoms with Crippen molar-refractivity contribution in [2.24, 2.45) is 0 Å². The minimum atomic E-state index is -0.304. The molecule has 34 heavy (non-hydrogen) atoms. The van der Waals surface area contributed by atoms with Crippen LogP contribution in [0.15, 0.2) is 102 Å². The van der Waals surface area contributed by atoms with Crippen LogP contribution in [0.1, 0.15) is 0 Å². The van der Waals surface area contributed by atoms with Crippen molar-refractivity contribution in [3.8, 4) is 11.5 Å². The minimum absolute atomic E-state index is 0.304. The van der Waals surface area contributed by atoms with Crippen molar-refractivity contribution in [3.63, 3.8) is 0 Å². The predicted octanol–water partition coefficient (Wildman–Crippen LogP) is 7.06. The number of hydrogen-bond donors (Lipinski definition) is 2. The lowest BCUT2D eigenvalue weighted by molar-refractivity contribution is 0.620. The molecular weight excluding hydrogens is 429 g/mol. The molecule has 0 radical (unpaired) electrons. The molecule has 6 aromatic rings. The van der Waals surface area contributed by atoms with Gasteiger partial charge in [-0.1, -0.05) is 6.07 Å². The molecule has 164 valence electrons. The first kappa shape index (κ1) is 19.9. The molecule has 0 bridgehead atoms. The van der Waals surface area contributed by atoms with Gasteiger partial charge in [0, 0.05) is 58.4 Å². The number of nitrogens with one attached hydrogen (secondary N) is 2. The fourth-order valence-electron chi connectivity index (χ4n) is 3.84. The van der Waals surface area contributed by atoms with Gasteiger partial charge in [-0.3, -0.25) is 9.97 Å². The van der Waals surface area contributed by atoms with E-state index in [0.29, 0.717) is 16.9 Å². The summed E-state index contributed by atoms with van der Waals surface area (Å²) in [5.41, 5.74) is 6.44. The second-order valence-corrected chi connectivity index (χ2v) is 7.79. The van der Waals surface area contributed by atoms with E-state index in [-0.39, 0.29) is 5.82 Å². The topological polar surface area (TPSA) is 75.9 Å². The monoisotopic (exact) mass is 447 g/mol. The van der Waals surface area contributed by atoms with E-state index in [1.54, 1.807) is 24.7 Å². The molecule has 0 saturated carbocycles. The van der Waals surface area contributed by atoms with Crippen molar-refractivity contribution in [3.05, 3.63) is 103 Å². The highest BCUT2D eigenvalue weighted by atomic mass is 19.1. The summed E-state index contributed by atoms with van der Waals surface area (Å²) in [6.07, 6.45) is 5.17. The van der Waals surface area contributed by atoms with Gasteiger partial charge >= 0.3 is 0 Å². The Kier molecular flexibility index (Phi) is 4.85. The highest BCUT2D eigenvalue weighted by Crippen LogP contribution is 2.31. The fraction of sp³-hybridized carbons (Fsp3) is 0. The molecule has 0 spiro atoms. The Balaban J connectivity index is 1.30. The van der Waals surface area contributed by atoms with E-state index in [1.165, 1.54) is 12.1 Å². The number of halogens is 1. The quantitative estimate of drug-likeness (QED) is 0.294. The molecule has 0 aliphatic carbocycles. The van der Waals surface area contributed by atoms with Gasteiger partial charge in [-0.2, -0.15) is 0 Å². The SMILES string of the molecule is Fc1ccc2nccc(Nc3cccc(-c4nc5ccc(Nc6ccncc6)cc5o4)c3)c2c1. The lowest BCUT2D eigenvalue weighted by Gasteiger charge is -2.10. The minimum Gasteiger partial charge on any atom is -0.436 e. The van der Waals surface area contributed by atoms with Gasteiger partial charge in [-0.05, 0) is 66.7 Å². The van der Waals surface area contributed by atoms with E-state index in [4.69, 9.17) is 4.42 Å². The Morgan fingerprint density at radius 3 is 2.47 bits per heavy atom. The summed E-state index contributed by atoms with van der Waals surface area (Å²) in [6.45, 7) is 0. The molecular formula is C27H18FN5O. The molecule has 0 unspecified atom stereocenters. The molecule has 0 amide bonds. The largest absolute Gasteiger partial charge is 0.436 e. The zero-order valence-corrected chi connectivity index (χ0v) is 17.9. The van der Waals surface area contributed by atoms with Crippen LogP contribution in [-0.2, 0) is 0 Å². The zero-order chi connectivity index (χ0) is 22.9. The van der Waals surface area contributed by atoms with Crippen molar-refractivity contribution < 1.29 is 8.81 Å². The average Bonchev–Trinajstić information content (AvgIpc) is 3.29. The Labute approximate surface area is 194 Å². The third-order valence-electron chi connectivity index (χ3n) is 5.45. The molecule has 0 aliphatic heterocycles. The number of oxazole rings is 1. The third-order valence-corrected chi connectivity index (χ3v) is 5.45. The number of anilines is 4. The van der Waals surface area contributed by atoms with E-state index < -0.39 is 0 Å². The summed E-state index contributed by atoms with van der Waals surface area (Å²) < 4.78 is 19.9. The maximum absolute atomic E-state index is 13.8. The van der Waals surface area contributed by atoms with Crippen LogP contribution in [0.2, 0.25) is 0 Å². The van der Waals surface area contributed by atoms with Crippen molar-refractivity contribution in [1.29, 1.82) is 0 Å². The van der Waals surface area contributed by atoms with Gasteiger partial charge in [-0.15, -0.1) is 0 Å². The number of benzene rings is 3. The van der Waals surface area contributed by atoms with Crippen molar-refractivity contribution in [1.82, 2.24) is 15.0 Å². The molecule has 3 heterocycles. The number of hydrogen-bond acceptors (Lipinski definition) is 6. The lowest BCUT2D eigenvalue weighted by atomic mass is 10.1. The van der Waals surface area contributed by atoms with Crippen LogP contribution in [0.3, 0.4) is 0 Å². The van der Waals surface area contributed by atoms with Gasteiger partial charge < -0.3 is 15.1 Å². The van der Waals surface area contributed by atoms with Crippen LogP contribution >= 0.6 is 0 Å². The molecule has 0 fully saturated rings. The average molecular weight is 447 g/mol. The van der Waals surface area contributed by atoms with Crippen LogP contribution in [0.25, 0.3) is 33.5 Å². The number of rotatable bonds is 5. The Hall–Kier alpha value is -4.78. The van der Waals surface area contributed by atoms with E-state index >= 15 is 0 Å². The van der Waals surface area contributed by atoms with Gasteiger partial charge in [0.25, 0.3) is 0 Å². The Morgan fingerprint density at radius 2 is 1.56 bits per heavy atom. The number of nitrogens with zero attached hydrogens (tertiary/aromatic N) is 3. The zero-order valence-electron chi connectivity index (χ0n) is 17.9. The van der Waals surface area contributed by atoms with Gasteiger partial charge in [0.05, 0.1) is 5.52 Å². The summed E-state index contributed by atoms with van der Waals surface area (Å²) in [6, 6.07) is 23.7. The molecule has 6 nitrogen and oxygen atoms in total. The van der Waals surface area contributed by atoms with Crippen molar-refractivity contribution in [2.45, 2.75) is 0 Å². The molecule has 0 saturated heterocycles. The van der Waals surface area contributed by atoms with E-state index in [0.717, 1.165) is 39.3 Å². The second-order valence-electron chi connectivity index (χ2n) is 7.79. The maximum Gasteiger partial charge on any atom is 0.227 e. The maximum atomic E-state index is 13.8. The third kappa shape index (κ3) is 3.91. The van der Waals surface area contributed by atoms with Crippen LogP contribution in [0.5, 0.6) is 0 Å². The van der Waals surface area contributed by atoms with Crippen molar-refractivity contribution >= 4 is 44.8 Å². The van der Waals surface area contributed by atoms with Crippen LogP contribution in [0.4, 0.5) is 27.1 Å². The number of fused-ring (bicyclic) bond motifs is 2. The van der Waals surface area contributed by atoms with E-state index in [9.17, 15) is 4.39 Å². The summed E-state index contributed by atoms with van der Waals surface area (Å²) >= 11 is 0. The van der Waals surface area contributed by atoms with Crippen LogP contribution in [-0.4, -0.2) is 15.0 Å². The smallest absolute Gasteiger partial charge is 0.227 e. The van der Waals surface area contributed by atoms with Gasteiger partial charge in [0.2, 0.25) is 5.89 Å². The van der Waals surface area contributed by atoms with Gasteiger partial charge in [0.15, 0.2) is 5.58 Å². The molecule has 3 aromatic carbocycles. The summed E-state index contributed by atoms with van der Waals surface area (Å²) in [4.78, 5) is 13.0. The predicted molar refractivity (Wildman–Crippen MR) is 132 cm³/mol. The lowest BCUT2D eigenvalue weighted by Crippen LogP contribution is -1.93. The summed E-state index contributed by atoms with van der Waals surface area (Å²) in [5.74, 6) is 0.215. The summed E-state index contributed by atoms with van der Waals surface area (Å²) in [5, 5.41) is 7.41. The standard InChI is InChI=1S/C27H18FN5O/c28-18-4-6-23-22(15-18)24(10-13-30-23)32-20-3-1-2-17(14-20)27-33-25-7-5-21(16-26(25)34-27)31-19-8-11-29-12-9-19/h1-16H,(H,29,31)(H,30,32). The molecule has 6 rings (SSSR count). The highest BCUT2D eigenvalue weighted by Gasteiger charge is 2.11. The van der Waals surface area contributed by atoms with Crippen LogP contribution in [0, 0.1) is 5.82 Å².